The largest absolute Gasteiger partial charge is 0.491 e. The first-order valence-electron chi connectivity index (χ1n) is 9.09. The van der Waals surface area contributed by atoms with Crippen LogP contribution in [0, 0.1) is 13.8 Å². The fraction of sp³-hybridized carbons (Fsp3) is 0.350. The first kappa shape index (κ1) is 20.8. The number of ether oxygens (including phenoxy) is 3. The number of benzene rings is 2. The summed E-state index contributed by atoms with van der Waals surface area (Å²) in [5.41, 5.74) is 2.50. The molecule has 8 nitrogen and oxygen atoms in total. The number of sulfonamides is 1. The van der Waals surface area contributed by atoms with Crippen molar-refractivity contribution in [3.05, 3.63) is 47.5 Å². The fourth-order valence-electron chi connectivity index (χ4n) is 2.86. The van der Waals surface area contributed by atoms with Crippen LogP contribution in [0.2, 0.25) is 0 Å². The number of aryl methyl sites for hydroxylation is 1. The first-order valence-corrected chi connectivity index (χ1v) is 10.9. The summed E-state index contributed by atoms with van der Waals surface area (Å²) in [6, 6.07) is 10.5. The molecule has 0 unspecified atom stereocenters. The number of rotatable bonds is 8. The van der Waals surface area contributed by atoms with Crippen LogP contribution in [0.4, 0.5) is 5.69 Å². The zero-order valence-electron chi connectivity index (χ0n) is 16.6. The fourth-order valence-corrected chi connectivity index (χ4v) is 3.71. The molecule has 156 valence electrons. The Morgan fingerprint density at radius 2 is 1.93 bits per heavy atom. The second-order valence-corrected chi connectivity index (χ2v) is 8.61. The quantitative estimate of drug-likeness (QED) is 0.657. The van der Waals surface area contributed by atoms with Gasteiger partial charge < -0.3 is 19.5 Å². The van der Waals surface area contributed by atoms with Crippen molar-refractivity contribution in [2.24, 2.45) is 0 Å². The van der Waals surface area contributed by atoms with Crippen molar-refractivity contribution < 1.29 is 27.4 Å². The number of amides is 1. The highest BCUT2D eigenvalue weighted by Crippen LogP contribution is 2.36. The van der Waals surface area contributed by atoms with Gasteiger partial charge in [-0.1, -0.05) is 12.1 Å². The predicted octanol–water partition coefficient (Wildman–Crippen LogP) is 1.99. The van der Waals surface area contributed by atoms with Crippen molar-refractivity contribution in [1.82, 2.24) is 5.32 Å². The van der Waals surface area contributed by atoms with Crippen LogP contribution in [-0.2, 0) is 14.8 Å². The molecule has 0 saturated carbocycles. The van der Waals surface area contributed by atoms with E-state index in [9.17, 15) is 13.2 Å². The molecular weight excluding hydrogens is 396 g/mol. The van der Waals surface area contributed by atoms with Crippen molar-refractivity contribution >= 4 is 21.6 Å². The molecule has 2 aromatic carbocycles. The molecule has 0 fully saturated rings. The average Bonchev–Trinajstić information content (AvgIpc) is 3.13. The Balaban J connectivity index is 1.57. The standard InChI is InChI=1S/C20H24N2O6S/c1-14-5-4-6-17(15(14)2)26-10-9-21-20(23)12-22(29(3,24)25)16-7-8-18-19(11-16)28-13-27-18/h4-8,11H,9-10,12-13H2,1-3H3,(H,21,23). The molecule has 1 aliphatic rings. The number of nitrogens with zero attached hydrogens (tertiary/aromatic N) is 1. The van der Waals surface area contributed by atoms with E-state index in [0.29, 0.717) is 17.2 Å². The van der Waals surface area contributed by atoms with Gasteiger partial charge in [-0.25, -0.2) is 8.42 Å². The second-order valence-electron chi connectivity index (χ2n) is 6.70. The van der Waals surface area contributed by atoms with Crippen LogP contribution >= 0.6 is 0 Å². The monoisotopic (exact) mass is 420 g/mol. The van der Waals surface area contributed by atoms with Crippen LogP contribution < -0.4 is 23.8 Å². The third-order valence-corrected chi connectivity index (χ3v) is 5.71. The zero-order chi connectivity index (χ0) is 21.0. The summed E-state index contributed by atoms with van der Waals surface area (Å²) in [7, 11) is -3.67. The van der Waals surface area contributed by atoms with E-state index in [0.717, 1.165) is 27.4 Å². The number of nitrogens with one attached hydrogen (secondary N) is 1. The van der Waals surface area contributed by atoms with E-state index in [1.54, 1.807) is 18.2 Å². The SMILES string of the molecule is Cc1cccc(OCCNC(=O)CN(c2ccc3c(c2)OCO3)S(C)(=O)=O)c1C. The number of carbonyl (C=O) groups is 1. The van der Waals surface area contributed by atoms with Gasteiger partial charge in [0.15, 0.2) is 11.5 Å². The molecule has 0 spiro atoms. The smallest absolute Gasteiger partial charge is 0.240 e. The molecule has 9 heteroatoms. The van der Waals surface area contributed by atoms with Gasteiger partial charge in [0.25, 0.3) is 0 Å². The topological polar surface area (TPSA) is 94.2 Å². The van der Waals surface area contributed by atoms with Gasteiger partial charge in [0, 0.05) is 6.07 Å². The lowest BCUT2D eigenvalue weighted by Gasteiger charge is -2.22. The minimum absolute atomic E-state index is 0.0819. The number of hydrogen-bond donors (Lipinski definition) is 1. The number of hydrogen-bond acceptors (Lipinski definition) is 6. The number of fused-ring (bicyclic) bond motifs is 1. The highest BCUT2D eigenvalue weighted by atomic mass is 32.2. The Bertz CT molecular complexity index is 1010. The first-order chi connectivity index (χ1) is 13.8. The summed E-state index contributed by atoms with van der Waals surface area (Å²) in [6.07, 6.45) is 1.05. The van der Waals surface area contributed by atoms with Crippen molar-refractivity contribution in [2.75, 3.05) is 37.1 Å². The molecule has 3 rings (SSSR count). The Labute approximate surface area is 170 Å². The molecule has 0 aromatic heterocycles. The summed E-state index contributed by atoms with van der Waals surface area (Å²) in [6.45, 7) is 4.24. The summed E-state index contributed by atoms with van der Waals surface area (Å²) in [5.74, 6) is 1.31. The lowest BCUT2D eigenvalue weighted by Crippen LogP contribution is -2.41. The minimum Gasteiger partial charge on any atom is -0.491 e. The van der Waals surface area contributed by atoms with E-state index in [1.807, 2.05) is 32.0 Å². The van der Waals surface area contributed by atoms with Crippen molar-refractivity contribution in [3.63, 3.8) is 0 Å². The maximum Gasteiger partial charge on any atom is 0.240 e. The van der Waals surface area contributed by atoms with Crippen molar-refractivity contribution in [2.45, 2.75) is 13.8 Å². The molecule has 0 aliphatic carbocycles. The molecule has 0 bridgehead atoms. The van der Waals surface area contributed by atoms with Gasteiger partial charge in [0.2, 0.25) is 22.7 Å². The van der Waals surface area contributed by atoms with Crippen LogP contribution in [0.15, 0.2) is 36.4 Å². The van der Waals surface area contributed by atoms with Crippen LogP contribution in [0.3, 0.4) is 0 Å². The van der Waals surface area contributed by atoms with Crippen LogP contribution in [0.1, 0.15) is 11.1 Å². The van der Waals surface area contributed by atoms with E-state index >= 15 is 0 Å². The summed E-state index contributed by atoms with van der Waals surface area (Å²) in [4.78, 5) is 12.3. The molecule has 29 heavy (non-hydrogen) atoms. The van der Waals surface area contributed by atoms with Gasteiger partial charge in [-0.3, -0.25) is 9.10 Å². The predicted molar refractivity (Wildman–Crippen MR) is 109 cm³/mol. The maximum absolute atomic E-state index is 12.3. The summed E-state index contributed by atoms with van der Waals surface area (Å²) in [5, 5.41) is 2.69. The normalized spacial score (nSPS) is 12.5. The minimum atomic E-state index is -3.67. The molecule has 2 aromatic rings. The Morgan fingerprint density at radius 3 is 2.69 bits per heavy atom. The molecule has 1 N–H and O–H groups in total. The van der Waals surface area contributed by atoms with E-state index in [1.165, 1.54) is 0 Å². The molecule has 1 amide bonds. The Morgan fingerprint density at radius 1 is 1.17 bits per heavy atom. The van der Waals surface area contributed by atoms with Crippen molar-refractivity contribution in [3.8, 4) is 17.2 Å². The van der Waals surface area contributed by atoms with Crippen LogP contribution in [0.25, 0.3) is 0 Å². The molecule has 0 radical (unpaired) electrons. The van der Waals surface area contributed by atoms with Crippen LogP contribution in [0.5, 0.6) is 17.2 Å². The van der Waals surface area contributed by atoms with Gasteiger partial charge in [-0.05, 0) is 43.2 Å². The number of carbonyl (C=O) groups excluding carboxylic acids is 1. The maximum atomic E-state index is 12.3. The van der Waals surface area contributed by atoms with Gasteiger partial charge in [-0.15, -0.1) is 0 Å². The van der Waals surface area contributed by atoms with Gasteiger partial charge in [-0.2, -0.15) is 0 Å². The molecule has 1 heterocycles. The molecule has 1 aliphatic heterocycles. The lowest BCUT2D eigenvalue weighted by molar-refractivity contribution is -0.119. The highest BCUT2D eigenvalue weighted by Gasteiger charge is 2.23. The lowest BCUT2D eigenvalue weighted by atomic mass is 10.1. The summed E-state index contributed by atoms with van der Waals surface area (Å²) < 4.78 is 41.6. The molecule has 0 atom stereocenters. The Kier molecular flexibility index (Phi) is 6.17. The van der Waals surface area contributed by atoms with E-state index < -0.39 is 15.9 Å². The van der Waals surface area contributed by atoms with Crippen LogP contribution in [-0.4, -0.2) is 47.1 Å². The van der Waals surface area contributed by atoms with Gasteiger partial charge in [0.05, 0.1) is 18.5 Å². The average molecular weight is 420 g/mol. The third-order valence-electron chi connectivity index (χ3n) is 4.57. The van der Waals surface area contributed by atoms with E-state index in [2.05, 4.69) is 5.32 Å². The third kappa shape index (κ3) is 5.11. The number of anilines is 1. The van der Waals surface area contributed by atoms with E-state index in [-0.39, 0.29) is 26.5 Å². The van der Waals surface area contributed by atoms with Crippen molar-refractivity contribution in [1.29, 1.82) is 0 Å². The molecule has 0 saturated heterocycles. The van der Waals surface area contributed by atoms with Gasteiger partial charge >= 0.3 is 0 Å². The highest BCUT2D eigenvalue weighted by molar-refractivity contribution is 7.92. The van der Waals surface area contributed by atoms with Gasteiger partial charge in [0.1, 0.15) is 18.9 Å². The molecular formula is C20H24N2O6S. The van der Waals surface area contributed by atoms with E-state index in [4.69, 9.17) is 14.2 Å². The second kappa shape index (κ2) is 8.60. The zero-order valence-corrected chi connectivity index (χ0v) is 17.4. The Hall–Kier alpha value is -2.94. The summed E-state index contributed by atoms with van der Waals surface area (Å²) >= 11 is 0.